The number of nitrogens with one attached hydrogen (secondary N) is 2. The number of nitrogens with two attached hydrogens (primary N) is 1. The molecule has 1 heterocycles. The highest BCUT2D eigenvalue weighted by molar-refractivity contribution is 9.10. The van der Waals surface area contributed by atoms with Gasteiger partial charge in [-0.2, -0.15) is 0 Å². The minimum atomic E-state index is 0.466. The Labute approximate surface area is 143 Å². The second kappa shape index (κ2) is 6.66. The van der Waals surface area contributed by atoms with Crippen LogP contribution in [0.2, 0.25) is 0 Å². The summed E-state index contributed by atoms with van der Waals surface area (Å²) < 4.78 is 0.980. The van der Waals surface area contributed by atoms with Crippen molar-refractivity contribution in [3.8, 4) is 0 Å². The summed E-state index contributed by atoms with van der Waals surface area (Å²) in [7, 11) is 0. The lowest BCUT2D eigenvalue weighted by Crippen LogP contribution is -2.05. The highest BCUT2D eigenvalue weighted by atomic mass is 79.9. The molecule has 6 heteroatoms. The SMILES string of the molecule is Cc1ccc(Nc2ncnc(Nc3cccc(Br)c3)c2N)cc1. The molecule has 3 rings (SSSR count). The van der Waals surface area contributed by atoms with E-state index in [1.165, 1.54) is 11.9 Å². The molecule has 0 bridgehead atoms. The first-order valence-corrected chi connectivity index (χ1v) is 7.88. The minimum Gasteiger partial charge on any atom is -0.393 e. The first-order chi connectivity index (χ1) is 11.1. The molecule has 116 valence electrons. The van der Waals surface area contributed by atoms with Crippen LogP contribution in [0, 0.1) is 6.92 Å². The highest BCUT2D eigenvalue weighted by Crippen LogP contribution is 2.28. The number of hydrogen-bond donors (Lipinski definition) is 3. The number of anilines is 5. The summed E-state index contributed by atoms with van der Waals surface area (Å²) in [6.45, 7) is 2.04. The van der Waals surface area contributed by atoms with Crippen LogP contribution in [0.5, 0.6) is 0 Å². The molecular formula is C17H16BrN5. The van der Waals surface area contributed by atoms with Gasteiger partial charge in [-0.1, -0.05) is 39.7 Å². The van der Waals surface area contributed by atoms with Crippen molar-refractivity contribution in [2.45, 2.75) is 6.92 Å². The number of rotatable bonds is 4. The molecule has 0 amide bonds. The molecule has 1 aromatic heterocycles. The van der Waals surface area contributed by atoms with Gasteiger partial charge in [0.05, 0.1) is 0 Å². The van der Waals surface area contributed by atoms with Gasteiger partial charge < -0.3 is 16.4 Å². The molecule has 4 N–H and O–H groups in total. The fourth-order valence-corrected chi connectivity index (χ4v) is 2.47. The molecule has 0 aliphatic heterocycles. The van der Waals surface area contributed by atoms with Crippen LogP contribution in [0.4, 0.5) is 28.7 Å². The average molecular weight is 370 g/mol. The van der Waals surface area contributed by atoms with Crippen molar-refractivity contribution in [2.75, 3.05) is 16.4 Å². The van der Waals surface area contributed by atoms with E-state index >= 15 is 0 Å². The van der Waals surface area contributed by atoms with Gasteiger partial charge in [0.1, 0.15) is 12.0 Å². The van der Waals surface area contributed by atoms with Crippen LogP contribution in [0.25, 0.3) is 0 Å². The Morgan fingerprint density at radius 1 is 0.913 bits per heavy atom. The fourth-order valence-electron chi connectivity index (χ4n) is 2.07. The highest BCUT2D eigenvalue weighted by Gasteiger charge is 2.09. The number of aromatic nitrogens is 2. The third-order valence-corrected chi connectivity index (χ3v) is 3.78. The zero-order valence-corrected chi connectivity index (χ0v) is 14.1. The molecule has 0 unspecified atom stereocenters. The molecule has 5 nitrogen and oxygen atoms in total. The fraction of sp³-hybridized carbons (Fsp3) is 0.0588. The monoisotopic (exact) mass is 369 g/mol. The van der Waals surface area contributed by atoms with Gasteiger partial charge in [-0.15, -0.1) is 0 Å². The maximum Gasteiger partial charge on any atom is 0.159 e. The van der Waals surface area contributed by atoms with E-state index in [4.69, 9.17) is 5.73 Å². The van der Waals surface area contributed by atoms with Crippen LogP contribution in [0.15, 0.2) is 59.3 Å². The predicted octanol–water partition coefficient (Wildman–Crippen LogP) is 4.62. The van der Waals surface area contributed by atoms with Gasteiger partial charge in [-0.3, -0.25) is 0 Å². The van der Waals surface area contributed by atoms with E-state index < -0.39 is 0 Å². The molecule has 3 aromatic rings. The summed E-state index contributed by atoms with van der Waals surface area (Å²) in [4.78, 5) is 8.44. The Kier molecular flexibility index (Phi) is 4.43. The zero-order valence-electron chi connectivity index (χ0n) is 12.5. The lowest BCUT2D eigenvalue weighted by Gasteiger charge is -2.13. The molecule has 23 heavy (non-hydrogen) atoms. The Balaban J connectivity index is 1.84. The van der Waals surface area contributed by atoms with Crippen LogP contribution in [0.3, 0.4) is 0 Å². The number of benzene rings is 2. The summed E-state index contributed by atoms with van der Waals surface area (Å²) in [5.41, 5.74) is 9.67. The summed E-state index contributed by atoms with van der Waals surface area (Å²) in [5, 5.41) is 6.41. The third kappa shape index (κ3) is 3.78. The van der Waals surface area contributed by atoms with E-state index in [0.717, 1.165) is 15.8 Å². The van der Waals surface area contributed by atoms with Gasteiger partial charge in [-0.25, -0.2) is 9.97 Å². The second-order valence-corrected chi connectivity index (χ2v) is 6.03. The average Bonchev–Trinajstić information content (AvgIpc) is 2.53. The topological polar surface area (TPSA) is 75.9 Å². The molecule has 0 aliphatic carbocycles. The molecule has 0 radical (unpaired) electrons. The van der Waals surface area contributed by atoms with Crippen molar-refractivity contribution in [1.82, 2.24) is 9.97 Å². The lowest BCUT2D eigenvalue weighted by atomic mass is 10.2. The molecule has 0 fully saturated rings. The third-order valence-electron chi connectivity index (χ3n) is 3.29. The Morgan fingerprint density at radius 3 is 2.22 bits per heavy atom. The largest absolute Gasteiger partial charge is 0.393 e. The van der Waals surface area contributed by atoms with E-state index in [-0.39, 0.29) is 0 Å². The normalized spacial score (nSPS) is 10.3. The first-order valence-electron chi connectivity index (χ1n) is 7.08. The second-order valence-electron chi connectivity index (χ2n) is 5.11. The standard InChI is InChI=1S/C17H16BrN5/c1-11-5-7-13(8-6-11)22-16-15(19)17(21-10-20-16)23-14-4-2-3-12(18)9-14/h2-10H,19H2,1H3,(H2,20,21,22,23). The van der Waals surface area contributed by atoms with Crippen molar-refractivity contribution in [3.05, 3.63) is 64.9 Å². The number of nitrogens with zero attached hydrogens (tertiary/aromatic N) is 2. The molecule has 0 spiro atoms. The molecule has 0 atom stereocenters. The maximum atomic E-state index is 6.19. The Morgan fingerprint density at radius 2 is 1.57 bits per heavy atom. The maximum absolute atomic E-state index is 6.19. The molecule has 0 saturated carbocycles. The van der Waals surface area contributed by atoms with E-state index in [1.54, 1.807) is 0 Å². The number of hydrogen-bond acceptors (Lipinski definition) is 5. The van der Waals surface area contributed by atoms with E-state index in [2.05, 4.69) is 36.5 Å². The Hall–Kier alpha value is -2.60. The smallest absolute Gasteiger partial charge is 0.159 e. The number of aryl methyl sites for hydroxylation is 1. The van der Waals surface area contributed by atoms with Gasteiger partial charge in [-0.05, 0) is 37.3 Å². The van der Waals surface area contributed by atoms with Crippen LogP contribution >= 0.6 is 15.9 Å². The number of nitrogen functional groups attached to an aromatic ring is 1. The van der Waals surface area contributed by atoms with Crippen LogP contribution in [-0.2, 0) is 0 Å². The van der Waals surface area contributed by atoms with Crippen molar-refractivity contribution in [2.24, 2.45) is 0 Å². The van der Waals surface area contributed by atoms with Crippen molar-refractivity contribution in [1.29, 1.82) is 0 Å². The van der Waals surface area contributed by atoms with Crippen LogP contribution in [-0.4, -0.2) is 9.97 Å². The summed E-state index contributed by atoms with van der Waals surface area (Å²) in [6.07, 6.45) is 1.48. The van der Waals surface area contributed by atoms with Crippen LogP contribution < -0.4 is 16.4 Å². The van der Waals surface area contributed by atoms with Crippen molar-refractivity contribution >= 4 is 44.6 Å². The van der Waals surface area contributed by atoms with Gasteiger partial charge in [0, 0.05) is 15.8 Å². The van der Waals surface area contributed by atoms with Gasteiger partial charge in [0.25, 0.3) is 0 Å². The summed E-state index contributed by atoms with van der Waals surface area (Å²) in [5.74, 6) is 1.13. The lowest BCUT2D eigenvalue weighted by molar-refractivity contribution is 1.17. The minimum absolute atomic E-state index is 0.466. The zero-order chi connectivity index (χ0) is 16.2. The predicted molar refractivity (Wildman–Crippen MR) is 98.3 cm³/mol. The quantitative estimate of drug-likeness (QED) is 0.625. The van der Waals surface area contributed by atoms with E-state index in [0.29, 0.717) is 17.3 Å². The molecule has 2 aromatic carbocycles. The number of halogens is 1. The van der Waals surface area contributed by atoms with E-state index in [9.17, 15) is 0 Å². The van der Waals surface area contributed by atoms with E-state index in [1.807, 2.05) is 55.5 Å². The van der Waals surface area contributed by atoms with Gasteiger partial charge in [0.15, 0.2) is 11.6 Å². The Bertz CT molecular complexity index is 817. The van der Waals surface area contributed by atoms with Crippen molar-refractivity contribution < 1.29 is 0 Å². The summed E-state index contributed by atoms with van der Waals surface area (Å²) >= 11 is 3.44. The molecule has 0 saturated heterocycles. The van der Waals surface area contributed by atoms with Gasteiger partial charge in [0.2, 0.25) is 0 Å². The molecular weight excluding hydrogens is 354 g/mol. The van der Waals surface area contributed by atoms with Gasteiger partial charge >= 0.3 is 0 Å². The summed E-state index contributed by atoms with van der Waals surface area (Å²) in [6, 6.07) is 15.8. The molecule has 0 aliphatic rings. The van der Waals surface area contributed by atoms with Crippen LogP contribution in [0.1, 0.15) is 5.56 Å². The van der Waals surface area contributed by atoms with Crippen molar-refractivity contribution in [3.63, 3.8) is 0 Å². The first kappa shape index (κ1) is 15.3.